The van der Waals surface area contributed by atoms with Crippen LogP contribution in [0.1, 0.15) is 17.0 Å². The molecule has 3 heterocycles. The molecule has 3 aromatic rings. The molecular weight excluding hydrogens is 414 g/mol. The Morgan fingerprint density at radius 2 is 2.14 bits per heavy atom. The minimum atomic E-state index is -0.169. The number of amides is 1. The Morgan fingerprint density at radius 1 is 1.31 bits per heavy atom. The lowest BCUT2D eigenvalue weighted by Gasteiger charge is -2.27. The number of carbonyl (C=O) groups is 1. The number of nitrogens with zero attached hydrogens (tertiary/aromatic N) is 3. The number of ether oxygens (including phenoxy) is 2. The van der Waals surface area contributed by atoms with Crippen LogP contribution in [0, 0.1) is 0 Å². The van der Waals surface area contributed by atoms with Crippen molar-refractivity contribution in [3.8, 4) is 5.75 Å². The second kappa shape index (κ2) is 10.1. The molecule has 7 nitrogen and oxygen atoms in total. The molecule has 1 aliphatic heterocycles. The number of aromatic nitrogens is 1. The van der Waals surface area contributed by atoms with Crippen molar-refractivity contribution < 1.29 is 18.7 Å². The summed E-state index contributed by atoms with van der Waals surface area (Å²) in [5.41, 5.74) is 0.824. The van der Waals surface area contributed by atoms with Gasteiger partial charge in [-0.15, -0.1) is 12.4 Å². The van der Waals surface area contributed by atoms with Crippen LogP contribution < -0.4 is 9.64 Å². The summed E-state index contributed by atoms with van der Waals surface area (Å²) < 4.78 is 17.0. The molecule has 0 spiro atoms. The zero-order valence-corrected chi connectivity index (χ0v) is 17.8. The summed E-state index contributed by atoms with van der Waals surface area (Å²) >= 11 is 1.50. The van der Waals surface area contributed by atoms with Crippen molar-refractivity contribution in [2.75, 3.05) is 51.4 Å². The molecule has 0 aliphatic carbocycles. The molecule has 0 bridgehead atoms. The van der Waals surface area contributed by atoms with E-state index in [4.69, 9.17) is 13.9 Å². The molecule has 0 unspecified atom stereocenters. The van der Waals surface area contributed by atoms with Crippen molar-refractivity contribution in [3.63, 3.8) is 0 Å². The zero-order chi connectivity index (χ0) is 19.3. The van der Waals surface area contributed by atoms with Crippen LogP contribution in [0.3, 0.4) is 0 Å². The van der Waals surface area contributed by atoms with Crippen LogP contribution in [-0.2, 0) is 4.74 Å². The summed E-state index contributed by atoms with van der Waals surface area (Å²) in [5.74, 6) is 0.904. The molecule has 1 aliphatic rings. The Morgan fingerprint density at radius 3 is 2.86 bits per heavy atom. The van der Waals surface area contributed by atoms with E-state index in [0.717, 1.165) is 55.2 Å². The fourth-order valence-corrected chi connectivity index (χ4v) is 4.20. The van der Waals surface area contributed by atoms with Gasteiger partial charge in [-0.3, -0.25) is 14.6 Å². The van der Waals surface area contributed by atoms with Gasteiger partial charge in [0.05, 0.1) is 36.8 Å². The molecule has 156 valence electrons. The molecule has 0 N–H and O–H groups in total. The van der Waals surface area contributed by atoms with E-state index in [0.29, 0.717) is 17.4 Å². The van der Waals surface area contributed by atoms with Gasteiger partial charge in [0, 0.05) is 32.2 Å². The quantitative estimate of drug-likeness (QED) is 0.561. The van der Waals surface area contributed by atoms with Crippen molar-refractivity contribution in [2.45, 2.75) is 6.42 Å². The lowest BCUT2D eigenvalue weighted by molar-refractivity contribution is 0.0376. The van der Waals surface area contributed by atoms with Gasteiger partial charge >= 0.3 is 0 Å². The molecule has 1 fully saturated rings. The second-order valence-electron chi connectivity index (χ2n) is 6.57. The molecule has 1 aromatic carbocycles. The Bertz CT molecular complexity index is 925. The van der Waals surface area contributed by atoms with Gasteiger partial charge in [-0.05, 0) is 30.7 Å². The van der Waals surface area contributed by atoms with Gasteiger partial charge in [0.2, 0.25) is 0 Å². The molecule has 9 heteroatoms. The van der Waals surface area contributed by atoms with Crippen molar-refractivity contribution >= 4 is 45.0 Å². The molecule has 1 amide bonds. The number of methoxy groups -OCH3 is 1. The maximum absolute atomic E-state index is 13.0. The first-order valence-electron chi connectivity index (χ1n) is 9.34. The van der Waals surface area contributed by atoms with E-state index in [1.165, 1.54) is 17.6 Å². The summed E-state index contributed by atoms with van der Waals surface area (Å²) in [4.78, 5) is 21.8. The van der Waals surface area contributed by atoms with Crippen LogP contribution in [0.25, 0.3) is 10.2 Å². The third kappa shape index (κ3) is 5.08. The van der Waals surface area contributed by atoms with Crippen molar-refractivity contribution in [1.82, 2.24) is 9.88 Å². The highest BCUT2D eigenvalue weighted by atomic mass is 35.5. The number of halogens is 1. The van der Waals surface area contributed by atoms with Gasteiger partial charge in [-0.2, -0.15) is 0 Å². The number of benzene rings is 1. The van der Waals surface area contributed by atoms with Crippen LogP contribution in [0.5, 0.6) is 5.75 Å². The Hall–Kier alpha value is -2.13. The van der Waals surface area contributed by atoms with Crippen LogP contribution in [-0.4, -0.2) is 62.3 Å². The van der Waals surface area contributed by atoms with Crippen LogP contribution in [0.15, 0.2) is 41.0 Å². The SMILES string of the molecule is COc1ccc2sc(N(CCCN3CCOCC3)C(=O)c3ccco3)nc2c1.Cl. The predicted molar refractivity (Wildman–Crippen MR) is 116 cm³/mol. The second-order valence-corrected chi connectivity index (χ2v) is 7.58. The number of rotatable bonds is 7. The molecule has 4 rings (SSSR count). The molecule has 0 atom stereocenters. The third-order valence-electron chi connectivity index (χ3n) is 4.75. The normalized spacial score (nSPS) is 14.5. The van der Waals surface area contributed by atoms with Crippen molar-refractivity contribution in [3.05, 3.63) is 42.4 Å². The largest absolute Gasteiger partial charge is 0.497 e. The smallest absolute Gasteiger partial charge is 0.295 e. The van der Waals surface area contributed by atoms with Gasteiger partial charge in [-0.1, -0.05) is 11.3 Å². The average Bonchev–Trinajstić information content (AvgIpc) is 3.40. The topological polar surface area (TPSA) is 68.0 Å². The van der Waals surface area contributed by atoms with Crippen LogP contribution in [0.2, 0.25) is 0 Å². The van der Waals surface area contributed by atoms with Gasteiger partial charge in [0.15, 0.2) is 10.9 Å². The molecule has 2 aromatic heterocycles. The molecule has 1 saturated heterocycles. The molecule has 0 radical (unpaired) electrons. The summed E-state index contributed by atoms with van der Waals surface area (Å²) in [5, 5.41) is 0.673. The fourth-order valence-electron chi connectivity index (χ4n) is 3.23. The summed E-state index contributed by atoms with van der Waals surface area (Å²) in [6.45, 7) is 4.92. The highest BCUT2D eigenvalue weighted by Gasteiger charge is 2.23. The monoisotopic (exact) mass is 437 g/mol. The Labute approximate surface area is 179 Å². The highest BCUT2D eigenvalue weighted by Crippen LogP contribution is 2.32. The predicted octanol–water partition coefficient (Wildman–Crippen LogP) is 3.69. The van der Waals surface area contributed by atoms with E-state index in [9.17, 15) is 4.79 Å². The fraction of sp³-hybridized carbons (Fsp3) is 0.400. The highest BCUT2D eigenvalue weighted by molar-refractivity contribution is 7.22. The molecular formula is C20H24ClN3O4S. The van der Waals surface area contributed by atoms with Crippen molar-refractivity contribution in [2.24, 2.45) is 0 Å². The number of hydrogen-bond acceptors (Lipinski definition) is 7. The minimum absolute atomic E-state index is 0. The van der Waals surface area contributed by atoms with Gasteiger partial charge in [0.25, 0.3) is 5.91 Å². The number of hydrogen-bond donors (Lipinski definition) is 0. The zero-order valence-electron chi connectivity index (χ0n) is 16.2. The molecule has 29 heavy (non-hydrogen) atoms. The van der Waals surface area contributed by atoms with E-state index in [2.05, 4.69) is 9.88 Å². The first-order chi connectivity index (χ1) is 13.7. The van der Waals surface area contributed by atoms with Crippen LogP contribution in [0.4, 0.5) is 5.13 Å². The third-order valence-corrected chi connectivity index (χ3v) is 5.81. The summed E-state index contributed by atoms with van der Waals surface area (Å²) in [6.07, 6.45) is 2.37. The van der Waals surface area contributed by atoms with Crippen LogP contribution >= 0.6 is 23.7 Å². The summed E-state index contributed by atoms with van der Waals surface area (Å²) in [7, 11) is 1.63. The Balaban J connectivity index is 0.00000240. The minimum Gasteiger partial charge on any atom is -0.497 e. The average molecular weight is 438 g/mol. The lowest BCUT2D eigenvalue weighted by atomic mass is 10.3. The number of anilines is 1. The first kappa shape index (κ1) is 21.6. The number of furan rings is 1. The lowest BCUT2D eigenvalue weighted by Crippen LogP contribution is -2.39. The van der Waals surface area contributed by atoms with Gasteiger partial charge in [-0.25, -0.2) is 4.98 Å². The van der Waals surface area contributed by atoms with E-state index in [1.54, 1.807) is 24.1 Å². The maximum atomic E-state index is 13.0. The number of thiazole rings is 1. The standard InChI is InChI=1S/C20H23N3O4S.ClH/c1-25-15-5-6-18-16(14-15)21-20(28-18)23(19(24)17-4-2-11-27-17)8-3-7-22-9-12-26-13-10-22;/h2,4-6,11,14H,3,7-10,12-13H2,1H3;1H. The van der Waals surface area contributed by atoms with E-state index < -0.39 is 0 Å². The van der Waals surface area contributed by atoms with E-state index >= 15 is 0 Å². The molecule has 0 saturated carbocycles. The number of morpholine rings is 1. The first-order valence-corrected chi connectivity index (χ1v) is 10.2. The maximum Gasteiger partial charge on any atom is 0.295 e. The van der Waals surface area contributed by atoms with Gasteiger partial charge < -0.3 is 13.9 Å². The van der Waals surface area contributed by atoms with Gasteiger partial charge in [0.1, 0.15) is 5.75 Å². The van der Waals surface area contributed by atoms with E-state index in [-0.39, 0.29) is 18.3 Å². The van der Waals surface area contributed by atoms with Crippen molar-refractivity contribution in [1.29, 1.82) is 0 Å². The number of carbonyl (C=O) groups excluding carboxylic acids is 1. The Kier molecular flexibility index (Phi) is 7.49. The number of fused-ring (bicyclic) bond motifs is 1. The summed E-state index contributed by atoms with van der Waals surface area (Å²) in [6, 6.07) is 9.18. The van der Waals surface area contributed by atoms with E-state index in [1.807, 2.05) is 18.2 Å².